The molecule has 1 aliphatic heterocycles. The molecule has 0 saturated heterocycles. The molecule has 3 unspecified atom stereocenters. The van der Waals surface area contributed by atoms with E-state index < -0.39 is 6.10 Å². The second kappa shape index (κ2) is 5.83. The van der Waals surface area contributed by atoms with Gasteiger partial charge in [-0.05, 0) is 26.3 Å². The summed E-state index contributed by atoms with van der Waals surface area (Å²) in [7, 11) is 1.76. The minimum Gasteiger partial charge on any atom is -0.489 e. The van der Waals surface area contributed by atoms with E-state index in [1.165, 1.54) is 0 Å². The summed E-state index contributed by atoms with van der Waals surface area (Å²) in [5.74, 6) is 0.978. The van der Waals surface area contributed by atoms with Gasteiger partial charge in [-0.15, -0.1) is 0 Å². The van der Waals surface area contributed by atoms with E-state index in [0.717, 1.165) is 11.3 Å². The third-order valence-corrected chi connectivity index (χ3v) is 4.00. The van der Waals surface area contributed by atoms with Crippen LogP contribution in [0.3, 0.4) is 0 Å². The van der Waals surface area contributed by atoms with Crippen molar-refractivity contribution in [2.45, 2.75) is 45.3 Å². The van der Waals surface area contributed by atoms with Crippen LogP contribution in [0.4, 0.5) is 0 Å². The summed E-state index contributed by atoms with van der Waals surface area (Å²) in [6.07, 6.45) is 0.273. The van der Waals surface area contributed by atoms with Crippen LogP contribution in [-0.4, -0.2) is 41.7 Å². The van der Waals surface area contributed by atoms with Gasteiger partial charge < -0.3 is 14.7 Å². The van der Waals surface area contributed by atoms with Gasteiger partial charge in [0.05, 0.1) is 11.7 Å². The lowest BCUT2D eigenvalue weighted by Crippen LogP contribution is -2.29. The van der Waals surface area contributed by atoms with Crippen molar-refractivity contribution in [1.29, 1.82) is 0 Å². The summed E-state index contributed by atoms with van der Waals surface area (Å²) in [6, 6.07) is 5.74. The quantitative estimate of drug-likeness (QED) is 0.919. The summed E-state index contributed by atoms with van der Waals surface area (Å²) in [5, 5.41) is 9.32. The molecule has 0 aromatic heterocycles. The standard InChI is InChI=1S/C16H23NO3/c1-10(18)8-9-17(4)16(19)14-7-5-6-13-11(2)12(3)20-15(13)14/h5-7,10-12,18H,8-9H2,1-4H3. The number of aliphatic hydroxyl groups is 1. The van der Waals surface area contributed by atoms with Crippen molar-refractivity contribution in [1.82, 2.24) is 4.90 Å². The molecule has 0 fully saturated rings. The number of aliphatic hydroxyl groups excluding tert-OH is 1. The number of para-hydroxylation sites is 1. The van der Waals surface area contributed by atoms with E-state index in [4.69, 9.17) is 4.74 Å². The van der Waals surface area contributed by atoms with Crippen LogP contribution in [0, 0.1) is 0 Å². The Morgan fingerprint density at radius 2 is 2.15 bits per heavy atom. The number of amides is 1. The molecule has 0 spiro atoms. The van der Waals surface area contributed by atoms with Crippen molar-refractivity contribution < 1.29 is 14.6 Å². The molecular weight excluding hydrogens is 254 g/mol. The van der Waals surface area contributed by atoms with E-state index in [0.29, 0.717) is 24.4 Å². The van der Waals surface area contributed by atoms with Crippen molar-refractivity contribution in [2.75, 3.05) is 13.6 Å². The normalized spacial score (nSPS) is 22.1. The van der Waals surface area contributed by atoms with Crippen LogP contribution >= 0.6 is 0 Å². The molecule has 20 heavy (non-hydrogen) atoms. The predicted octanol–water partition coefficient (Wildman–Crippen LogP) is 2.41. The Balaban J connectivity index is 2.20. The van der Waals surface area contributed by atoms with Crippen LogP contribution in [0.1, 0.15) is 49.0 Å². The highest BCUT2D eigenvalue weighted by molar-refractivity contribution is 5.97. The fourth-order valence-corrected chi connectivity index (χ4v) is 2.44. The molecule has 110 valence electrons. The molecule has 2 rings (SSSR count). The molecule has 1 aliphatic rings. The van der Waals surface area contributed by atoms with Gasteiger partial charge >= 0.3 is 0 Å². The van der Waals surface area contributed by atoms with E-state index in [-0.39, 0.29) is 12.0 Å². The Labute approximate surface area is 120 Å². The van der Waals surface area contributed by atoms with Gasteiger partial charge in [0.1, 0.15) is 11.9 Å². The minimum absolute atomic E-state index is 0.0520. The monoisotopic (exact) mass is 277 g/mol. The lowest BCUT2D eigenvalue weighted by molar-refractivity contribution is 0.0764. The van der Waals surface area contributed by atoms with Gasteiger partial charge in [0, 0.05) is 25.1 Å². The fourth-order valence-electron chi connectivity index (χ4n) is 2.44. The van der Waals surface area contributed by atoms with Crippen molar-refractivity contribution in [3.63, 3.8) is 0 Å². The molecule has 3 atom stereocenters. The maximum absolute atomic E-state index is 12.5. The fraction of sp³-hybridized carbons (Fsp3) is 0.562. The molecule has 1 aromatic carbocycles. The number of carbonyl (C=O) groups is 1. The first-order chi connectivity index (χ1) is 9.41. The smallest absolute Gasteiger partial charge is 0.257 e. The van der Waals surface area contributed by atoms with E-state index in [1.54, 1.807) is 18.9 Å². The molecule has 1 heterocycles. The Morgan fingerprint density at radius 3 is 2.80 bits per heavy atom. The number of benzene rings is 1. The third-order valence-electron chi connectivity index (χ3n) is 4.00. The zero-order valence-corrected chi connectivity index (χ0v) is 12.6. The summed E-state index contributed by atoms with van der Waals surface area (Å²) >= 11 is 0. The number of rotatable bonds is 4. The largest absolute Gasteiger partial charge is 0.489 e. The second-order valence-electron chi connectivity index (χ2n) is 5.70. The number of nitrogens with zero attached hydrogens (tertiary/aromatic N) is 1. The van der Waals surface area contributed by atoms with Gasteiger partial charge in [-0.3, -0.25) is 4.79 Å². The zero-order valence-electron chi connectivity index (χ0n) is 12.6. The van der Waals surface area contributed by atoms with Gasteiger partial charge in [-0.2, -0.15) is 0 Å². The third kappa shape index (κ3) is 2.80. The average Bonchev–Trinajstić information content (AvgIpc) is 2.71. The Bertz CT molecular complexity index is 498. The number of hydrogen-bond acceptors (Lipinski definition) is 3. The van der Waals surface area contributed by atoms with Crippen LogP contribution in [0.2, 0.25) is 0 Å². The van der Waals surface area contributed by atoms with Crippen LogP contribution in [0.25, 0.3) is 0 Å². The van der Waals surface area contributed by atoms with Gasteiger partial charge in [-0.25, -0.2) is 0 Å². The van der Waals surface area contributed by atoms with Crippen molar-refractivity contribution in [2.24, 2.45) is 0 Å². The molecule has 0 aliphatic carbocycles. The zero-order chi connectivity index (χ0) is 14.9. The molecule has 0 saturated carbocycles. The lowest BCUT2D eigenvalue weighted by atomic mass is 9.96. The lowest BCUT2D eigenvalue weighted by Gasteiger charge is -2.19. The molecule has 4 heteroatoms. The van der Waals surface area contributed by atoms with Crippen molar-refractivity contribution in [3.05, 3.63) is 29.3 Å². The van der Waals surface area contributed by atoms with Gasteiger partial charge in [0.25, 0.3) is 5.91 Å². The van der Waals surface area contributed by atoms with Crippen LogP contribution < -0.4 is 4.74 Å². The van der Waals surface area contributed by atoms with E-state index in [1.807, 2.05) is 25.1 Å². The highest BCUT2D eigenvalue weighted by atomic mass is 16.5. The van der Waals surface area contributed by atoms with Crippen LogP contribution in [-0.2, 0) is 0 Å². The molecule has 1 amide bonds. The van der Waals surface area contributed by atoms with Crippen molar-refractivity contribution >= 4 is 5.91 Å². The first kappa shape index (κ1) is 14.9. The number of carbonyl (C=O) groups excluding carboxylic acids is 1. The number of hydrogen-bond donors (Lipinski definition) is 1. The van der Waals surface area contributed by atoms with Gasteiger partial charge in [-0.1, -0.05) is 19.1 Å². The summed E-state index contributed by atoms with van der Waals surface area (Å²) < 4.78 is 5.85. The average molecular weight is 277 g/mol. The molecule has 4 nitrogen and oxygen atoms in total. The van der Waals surface area contributed by atoms with Gasteiger partial charge in [0.2, 0.25) is 0 Å². The van der Waals surface area contributed by atoms with E-state index in [2.05, 4.69) is 6.92 Å². The molecule has 0 bridgehead atoms. The highest BCUT2D eigenvalue weighted by Crippen LogP contribution is 2.40. The SMILES string of the molecule is CC(O)CCN(C)C(=O)c1cccc2c1OC(C)C2C. The first-order valence-corrected chi connectivity index (χ1v) is 7.15. The predicted molar refractivity (Wildman–Crippen MR) is 78.2 cm³/mol. The second-order valence-corrected chi connectivity index (χ2v) is 5.70. The van der Waals surface area contributed by atoms with Gasteiger partial charge in [0.15, 0.2) is 0 Å². The number of ether oxygens (including phenoxy) is 1. The molecule has 1 aromatic rings. The van der Waals surface area contributed by atoms with Crippen LogP contribution in [0.15, 0.2) is 18.2 Å². The van der Waals surface area contributed by atoms with E-state index in [9.17, 15) is 9.90 Å². The minimum atomic E-state index is -0.400. The summed E-state index contributed by atoms with van der Waals surface area (Å²) in [5.41, 5.74) is 1.72. The maximum atomic E-state index is 12.5. The Kier molecular flexibility index (Phi) is 4.33. The molecule has 0 radical (unpaired) electrons. The first-order valence-electron chi connectivity index (χ1n) is 7.15. The Morgan fingerprint density at radius 1 is 1.45 bits per heavy atom. The van der Waals surface area contributed by atoms with Crippen molar-refractivity contribution in [3.8, 4) is 5.75 Å². The Hall–Kier alpha value is -1.55. The topological polar surface area (TPSA) is 49.8 Å². The summed E-state index contributed by atoms with van der Waals surface area (Å²) in [6.45, 7) is 6.40. The summed E-state index contributed by atoms with van der Waals surface area (Å²) in [4.78, 5) is 14.1. The maximum Gasteiger partial charge on any atom is 0.257 e. The van der Waals surface area contributed by atoms with E-state index >= 15 is 0 Å². The number of fused-ring (bicyclic) bond motifs is 1. The van der Waals surface area contributed by atoms with Crippen LogP contribution in [0.5, 0.6) is 5.75 Å². The molecule has 1 N–H and O–H groups in total. The molecular formula is C16H23NO3. The highest BCUT2D eigenvalue weighted by Gasteiger charge is 2.31.